The molecule has 34 heavy (non-hydrogen) atoms. The van der Waals surface area contributed by atoms with Crippen molar-refractivity contribution < 1.29 is 4.79 Å². The number of carbonyl (C=O) groups is 1. The molecule has 170 valence electrons. The molecule has 0 radical (unpaired) electrons. The van der Waals surface area contributed by atoms with Crippen molar-refractivity contribution in [2.24, 2.45) is 7.05 Å². The van der Waals surface area contributed by atoms with Crippen molar-refractivity contribution in [1.29, 1.82) is 5.26 Å². The number of rotatable bonds is 8. The molecule has 2 N–H and O–H groups in total. The zero-order valence-electron chi connectivity index (χ0n) is 18.6. The fraction of sp³-hybridized carbons (Fsp3) is 0.154. The molecule has 8 heteroatoms. The molecule has 4 aromatic rings. The van der Waals surface area contributed by atoms with Crippen LogP contribution in [0.15, 0.2) is 79.3 Å². The number of carbonyl (C=O) groups excluding carboxylic acids is 1. The van der Waals surface area contributed by atoms with Crippen LogP contribution in [0.25, 0.3) is 11.1 Å². The number of benzene rings is 2. The van der Waals surface area contributed by atoms with Crippen LogP contribution in [0.3, 0.4) is 0 Å². The van der Waals surface area contributed by atoms with E-state index in [4.69, 9.17) is 16.9 Å². The van der Waals surface area contributed by atoms with Crippen LogP contribution >= 0.6 is 11.6 Å². The molecule has 0 aliphatic carbocycles. The molecule has 1 amide bonds. The number of halogens is 1. The SMILES string of the molecule is Cn1cc(-c2ccc(NC(=O)C(NCCc3ccc(C#N)cc3)c3cccc(Cl)c3)nc2)cn1. The summed E-state index contributed by atoms with van der Waals surface area (Å²) < 4.78 is 1.73. The smallest absolute Gasteiger partial charge is 0.247 e. The quantitative estimate of drug-likeness (QED) is 0.394. The fourth-order valence-corrected chi connectivity index (χ4v) is 3.76. The normalized spacial score (nSPS) is 11.6. The van der Waals surface area contributed by atoms with E-state index in [2.05, 4.69) is 26.8 Å². The number of aromatic nitrogens is 3. The van der Waals surface area contributed by atoms with Crippen LogP contribution in [0.2, 0.25) is 5.02 Å². The van der Waals surface area contributed by atoms with Gasteiger partial charge in [-0.25, -0.2) is 4.98 Å². The standard InChI is InChI=1S/C26H23ClN6O/c1-33-17-22(16-31-33)21-9-10-24(30-15-21)32-26(34)25(20-3-2-4-23(27)13-20)29-12-11-18-5-7-19(14-28)8-6-18/h2-10,13,15-17,25,29H,11-12H2,1H3,(H,30,32,34). The van der Waals surface area contributed by atoms with Crippen molar-refractivity contribution in [2.75, 3.05) is 11.9 Å². The molecule has 2 aromatic heterocycles. The molecule has 1 atom stereocenters. The molecule has 0 aliphatic heterocycles. The van der Waals surface area contributed by atoms with Crippen LogP contribution in [0.1, 0.15) is 22.7 Å². The van der Waals surface area contributed by atoms with Gasteiger partial charge in [0.2, 0.25) is 5.91 Å². The number of nitrogens with zero attached hydrogens (tertiary/aromatic N) is 4. The summed E-state index contributed by atoms with van der Waals surface area (Å²) in [6.07, 6.45) is 6.08. The molecule has 1 unspecified atom stereocenters. The Morgan fingerprint density at radius 1 is 1.12 bits per heavy atom. The molecule has 0 saturated carbocycles. The Bertz CT molecular complexity index is 1310. The van der Waals surface area contributed by atoms with Crippen molar-refractivity contribution in [2.45, 2.75) is 12.5 Å². The lowest BCUT2D eigenvalue weighted by Crippen LogP contribution is -2.34. The molecule has 0 saturated heterocycles. The Balaban J connectivity index is 1.45. The van der Waals surface area contributed by atoms with Crippen LogP contribution in [0, 0.1) is 11.3 Å². The van der Waals surface area contributed by atoms with E-state index < -0.39 is 6.04 Å². The summed E-state index contributed by atoms with van der Waals surface area (Å²) in [6, 6.07) is 19.8. The molecule has 0 fully saturated rings. The highest BCUT2D eigenvalue weighted by Crippen LogP contribution is 2.22. The van der Waals surface area contributed by atoms with Gasteiger partial charge in [-0.15, -0.1) is 0 Å². The van der Waals surface area contributed by atoms with Crippen LogP contribution < -0.4 is 10.6 Å². The lowest BCUT2D eigenvalue weighted by Gasteiger charge is -2.19. The van der Waals surface area contributed by atoms with Gasteiger partial charge in [0.15, 0.2) is 0 Å². The van der Waals surface area contributed by atoms with Crippen molar-refractivity contribution in [1.82, 2.24) is 20.1 Å². The fourth-order valence-electron chi connectivity index (χ4n) is 3.56. The van der Waals surface area contributed by atoms with Crippen LogP contribution in [0.5, 0.6) is 0 Å². The Morgan fingerprint density at radius 3 is 2.59 bits per heavy atom. The van der Waals surface area contributed by atoms with Crippen molar-refractivity contribution in [3.63, 3.8) is 0 Å². The Kier molecular flexibility index (Phi) is 7.33. The van der Waals surface area contributed by atoms with Gasteiger partial charge in [0.05, 0.1) is 17.8 Å². The lowest BCUT2D eigenvalue weighted by atomic mass is 10.0. The highest BCUT2D eigenvalue weighted by molar-refractivity contribution is 6.30. The minimum absolute atomic E-state index is 0.233. The first-order valence-corrected chi connectivity index (χ1v) is 11.1. The van der Waals surface area contributed by atoms with Gasteiger partial charge in [-0.3, -0.25) is 9.48 Å². The van der Waals surface area contributed by atoms with Crippen molar-refractivity contribution in [3.8, 4) is 17.2 Å². The first-order valence-electron chi connectivity index (χ1n) is 10.8. The number of nitrogens with one attached hydrogen (secondary N) is 2. The molecular formula is C26H23ClN6O. The number of aryl methyl sites for hydroxylation is 1. The third-order valence-electron chi connectivity index (χ3n) is 5.34. The Labute approximate surface area is 203 Å². The lowest BCUT2D eigenvalue weighted by molar-refractivity contribution is -0.118. The van der Waals surface area contributed by atoms with Gasteiger partial charge in [-0.1, -0.05) is 35.9 Å². The number of anilines is 1. The first-order chi connectivity index (χ1) is 16.5. The van der Waals surface area contributed by atoms with Gasteiger partial charge in [0.25, 0.3) is 0 Å². The summed E-state index contributed by atoms with van der Waals surface area (Å²) >= 11 is 6.18. The van der Waals surface area contributed by atoms with Crippen molar-refractivity contribution in [3.05, 3.63) is 101 Å². The molecular weight excluding hydrogens is 448 g/mol. The van der Waals surface area contributed by atoms with E-state index >= 15 is 0 Å². The summed E-state index contributed by atoms with van der Waals surface area (Å²) in [7, 11) is 1.86. The summed E-state index contributed by atoms with van der Waals surface area (Å²) in [5, 5.41) is 19.9. The molecule has 0 aliphatic rings. The monoisotopic (exact) mass is 470 g/mol. The average molecular weight is 471 g/mol. The van der Waals surface area contributed by atoms with Crippen LogP contribution in [-0.4, -0.2) is 27.2 Å². The maximum atomic E-state index is 13.2. The summed E-state index contributed by atoms with van der Waals surface area (Å²) in [5.41, 5.74) is 4.32. The molecule has 2 aromatic carbocycles. The predicted octanol–water partition coefficient (Wildman–Crippen LogP) is 4.52. The highest BCUT2D eigenvalue weighted by atomic mass is 35.5. The number of hydrogen-bond acceptors (Lipinski definition) is 5. The van der Waals surface area contributed by atoms with E-state index in [1.165, 1.54) is 0 Å². The minimum Gasteiger partial charge on any atom is -0.309 e. The zero-order chi connectivity index (χ0) is 23.9. The highest BCUT2D eigenvalue weighted by Gasteiger charge is 2.21. The molecule has 0 spiro atoms. The zero-order valence-corrected chi connectivity index (χ0v) is 19.3. The maximum Gasteiger partial charge on any atom is 0.247 e. The number of hydrogen-bond donors (Lipinski definition) is 2. The maximum absolute atomic E-state index is 13.2. The van der Waals surface area contributed by atoms with Gasteiger partial charge in [0, 0.05) is 42.1 Å². The Hall–Kier alpha value is -3.99. The minimum atomic E-state index is -0.614. The number of amides is 1. The van der Waals surface area contributed by atoms with Gasteiger partial charge in [-0.2, -0.15) is 10.4 Å². The Morgan fingerprint density at radius 2 is 1.94 bits per heavy atom. The van der Waals surface area contributed by atoms with Crippen molar-refractivity contribution >= 4 is 23.3 Å². The molecule has 2 heterocycles. The predicted molar refractivity (Wildman–Crippen MR) is 132 cm³/mol. The summed E-state index contributed by atoms with van der Waals surface area (Å²) in [4.78, 5) is 17.6. The molecule has 7 nitrogen and oxygen atoms in total. The van der Waals surface area contributed by atoms with E-state index in [9.17, 15) is 4.79 Å². The van der Waals surface area contributed by atoms with Gasteiger partial charge in [0.1, 0.15) is 11.9 Å². The second-order valence-corrected chi connectivity index (χ2v) is 8.26. The molecule has 0 bridgehead atoms. The first kappa shape index (κ1) is 23.2. The second kappa shape index (κ2) is 10.8. The number of nitriles is 1. The number of pyridine rings is 1. The third-order valence-corrected chi connectivity index (χ3v) is 5.58. The largest absolute Gasteiger partial charge is 0.309 e. The second-order valence-electron chi connectivity index (χ2n) is 7.82. The van der Waals surface area contributed by atoms with E-state index in [1.54, 1.807) is 47.4 Å². The van der Waals surface area contributed by atoms with Gasteiger partial charge >= 0.3 is 0 Å². The van der Waals surface area contributed by atoms with Gasteiger partial charge in [-0.05, 0) is 53.9 Å². The van der Waals surface area contributed by atoms with Gasteiger partial charge < -0.3 is 10.6 Å². The molecule has 4 rings (SSSR count). The summed E-state index contributed by atoms with van der Waals surface area (Å²) in [6.45, 7) is 0.559. The van der Waals surface area contributed by atoms with E-state index in [0.717, 1.165) is 22.3 Å². The van der Waals surface area contributed by atoms with E-state index in [0.29, 0.717) is 29.4 Å². The topological polar surface area (TPSA) is 95.6 Å². The van der Waals surface area contributed by atoms with E-state index in [1.807, 2.05) is 43.6 Å². The average Bonchev–Trinajstić information content (AvgIpc) is 3.29. The summed E-state index contributed by atoms with van der Waals surface area (Å²) in [5.74, 6) is 0.224. The van der Waals surface area contributed by atoms with Crippen LogP contribution in [-0.2, 0) is 18.3 Å². The third kappa shape index (κ3) is 5.87. The van der Waals surface area contributed by atoms with Crippen LogP contribution in [0.4, 0.5) is 5.82 Å². The van der Waals surface area contributed by atoms with E-state index in [-0.39, 0.29) is 5.91 Å².